The first-order chi connectivity index (χ1) is 11.2. The molecule has 1 unspecified atom stereocenters. The number of benzene rings is 2. The van der Waals surface area contributed by atoms with Gasteiger partial charge in [-0.1, -0.05) is 18.2 Å². The average Bonchev–Trinajstić information content (AvgIpc) is 2.60. The summed E-state index contributed by atoms with van der Waals surface area (Å²) in [5.41, 5.74) is 2.63. The van der Waals surface area contributed by atoms with Crippen LogP contribution in [0.2, 0.25) is 0 Å². The summed E-state index contributed by atoms with van der Waals surface area (Å²) in [6, 6.07) is 14.9. The molecule has 4 heteroatoms. The van der Waals surface area contributed by atoms with E-state index in [1.165, 1.54) is 12.3 Å². The van der Waals surface area contributed by atoms with E-state index in [1.807, 2.05) is 42.5 Å². The zero-order valence-corrected chi connectivity index (χ0v) is 13.1. The molecule has 0 N–H and O–H groups in total. The standard InChI is InChI=1S/C19H18O4/c1-21-15-6-3-13(4-7-15)11-19(22-2)14-5-8-18-16(12-14)17(20)9-10-23-18/h3-10,12,19H,11H2,1-2H3. The summed E-state index contributed by atoms with van der Waals surface area (Å²) in [7, 11) is 3.32. The molecule has 0 spiro atoms. The summed E-state index contributed by atoms with van der Waals surface area (Å²) in [6.07, 6.45) is 1.99. The fourth-order valence-electron chi connectivity index (χ4n) is 2.62. The van der Waals surface area contributed by atoms with Gasteiger partial charge in [0.1, 0.15) is 11.3 Å². The quantitative estimate of drug-likeness (QED) is 0.720. The molecule has 0 radical (unpaired) electrons. The van der Waals surface area contributed by atoms with Crippen LogP contribution in [0.25, 0.3) is 11.0 Å². The first-order valence-corrected chi connectivity index (χ1v) is 7.38. The Hall–Kier alpha value is -2.59. The summed E-state index contributed by atoms with van der Waals surface area (Å²) >= 11 is 0. The van der Waals surface area contributed by atoms with E-state index in [4.69, 9.17) is 13.9 Å². The highest BCUT2D eigenvalue weighted by atomic mass is 16.5. The Bertz CT molecular complexity index is 849. The number of methoxy groups -OCH3 is 2. The minimum atomic E-state index is -0.132. The summed E-state index contributed by atoms with van der Waals surface area (Å²) in [4.78, 5) is 12.0. The normalized spacial score (nSPS) is 12.3. The van der Waals surface area contributed by atoms with Crippen molar-refractivity contribution in [3.63, 3.8) is 0 Å². The molecule has 0 saturated heterocycles. The minimum absolute atomic E-state index is 0.0487. The molecular formula is C19H18O4. The van der Waals surface area contributed by atoms with Crippen molar-refractivity contribution in [2.75, 3.05) is 14.2 Å². The lowest BCUT2D eigenvalue weighted by Crippen LogP contribution is -2.07. The molecule has 3 rings (SSSR count). The Kier molecular flexibility index (Phi) is 4.44. The maximum Gasteiger partial charge on any atom is 0.192 e. The molecule has 23 heavy (non-hydrogen) atoms. The molecule has 0 aliphatic heterocycles. The van der Waals surface area contributed by atoms with Gasteiger partial charge in [0, 0.05) is 19.6 Å². The van der Waals surface area contributed by atoms with Crippen LogP contribution in [-0.2, 0) is 11.2 Å². The van der Waals surface area contributed by atoms with Crippen molar-refractivity contribution >= 4 is 11.0 Å². The van der Waals surface area contributed by atoms with Crippen molar-refractivity contribution < 1.29 is 13.9 Å². The van der Waals surface area contributed by atoms with Crippen molar-refractivity contribution in [2.45, 2.75) is 12.5 Å². The second kappa shape index (κ2) is 6.67. The zero-order chi connectivity index (χ0) is 16.2. The average molecular weight is 310 g/mol. The van der Waals surface area contributed by atoms with Gasteiger partial charge in [-0.05, 0) is 35.4 Å². The smallest absolute Gasteiger partial charge is 0.192 e. The summed E-state index contributed by atoms with van der Waals surface area (Å²) in [5, 5.41) is 0.571. The molecule has 0 bridgehead atoms. The van der Waals surface area contributed by atoms with Crippen LogP contribution in [0.4, 0.5) is 0 Å². The fraction of sp³-hybridized carbons (Fsp3) is 0.211. The Balaban J connectivity index is 1.90. The second-order valence-corrected chi connectivity index (χ2v) is 5.32. The Labute approximate surface area is 134 Å². The summed E-state index contributed by atoms with van der Waals surface area (Å²) in [6.45, 7) is 0. The molecule has 3 aromatic rings. The van der Waals surface area contributed by atoms with Crippen molar-refractivity contribution in [3.8, 4) is 5.75 Å². The molecule has 4 nitrogen and oxygen atoms in total. The summed E-state index contributed by atoms with van der Waals surface area (Å²) < 4.78 is 16.1. The number of rotatable bonds is 5. The van der Waals surface area contributed by atoms with Gasteiger partial charge in [0.05, 0.1) is 24.9 Å². The Morgan fingerprint density at radius 3 is 2.52 bits per heavy atom. The highest BCUT2D eigenvalue weighted by Gasteiger charge is 2.13. The predicted molar refractivity (Wildman–Crippen MR) is 88.9 cm³/mol. The van der Waals surface area contributed by atoms with Crippen molar-refractivity contribution in [1.29, 1.82) is 0 Å². The second-order valence-electron chi connectivity index (χ2n) is 5.32. The van der Waals surface area contributed by atoms with E-state index in [0.29, 0.717) is 17.4 Å². The molecule has 0 saturated carbocycles. The topological polar surface area (TPSA) is 48.7 Å². The van der Waals surface area contributed by atoms with Gasteiger partial charge in [0.2, 0.25) is 0 Å². The van der Waals surface area contributed by atoms with Gasteiger partial charge in [-0.15, -0.1) is 0 Å². The molecular weight excluding hydrogens is 292 g/mol. The minimum Gasteiger partial charge on any atom is -0.497 e. The monoisotopic (exact) mass is 310 g/mol. The molecule has 118 valence electrons. The van der Waals surface area contributed by atoms with Crippen LogP contribution in [-0.4, -0.2) is 14.2 Å². The highest BCUT2D eigenvalue weighted by molar-refractivity contribution is 5.77. The summed E-state index contributed by atoms with van der Waals surface area (Å²) in [5.74, 6) is 0.825. The highest BCUT2D eigenvalue weighted by Crippen LogP contribution is 2.25. The zero-order valence-electron chi connectivity index (χ0n) is 13.1. The van der Waals surface area contributed by atoms with E-state index in [2.05, 4.69) is 0 Å². The molecule has 0 aliphatic carbocycles. The van der Waals surface area contributed by atoms with E-state index < -0.39 is 0 Å². The molecule has 2 aromatic carbocycles. The lowest BCUT2D eigenvalue weighted by molar-refractivity contribution is 0.104. The van der Waals surface area contributed by atoms with Crippen LogP contribution >= 0.6 is 0 Å². The van der Waals surface area contributed by atoms with E-state index in [-0.39, 0.29) is 11.5 Å². The third kappa shape index (κ3) is 3.27. The fourth-order valence-corrected chi connectivity index (χ4v) is 2.62. The van der Waals surface area contributed by atoms with E-state index >= 15 is 0 Å². The molecule has 0 amide bonds. The SMILES string of the molecule is COc1ccc(CC(OC)c2ccc3occc(=O)c3c2)cc1. The maximum absolute atomic E-state index is 12.0. The Morgan fingerprint density at radius 2 is 1.83 bits per heavy atom. The largest absolute Gasteiger partial charge is 0.497 e. The molecule has 1 atom stereocenters. The predicted octanol–water partition coefficient (Wildman–Crippen LogP) is 3.73. The first-order valence-electron chi connectivity index (χ1n) is 7.38. The number of hydrogen-bond donors (Lipinski definition) is 0. The lowest BCUT2D eigenvalue weighted by Gasteiger charge is -2.16. The van der Waals surface area contributed by atoms with Crippen LogP contribution in [0, 0.1) is 0 Å². The van der Waals surface area contributed by atoms with Crippen LogP contribution < -0.4 is 10.2 Å². The molecule has 0 aliphatic rings. The van der Waals surface area contributed by atoms with Gasteiger partial charge in [0.25, 0.3) is 0 Å². The molecule has 1 heterocycles. The molecule has 0 fully saturated rings. The Morgan fingerprint density at radius 1 is 1.04 bits per heavy atom. The number of fused-ring (bicyclic) bond motifs is 1. The number of ether oxygens (including phenoxy) is 2. The van der Waals surface area contributed by atoms with Gasteiger partial charge in [-0.3, -0.25) is 4.79 Å². The van der Waals surface area contributed by atoms with Gasteiger partial charge < -0.3 is 13.9 Å². The van der Waals surface area contributed by atoms with Crippen LogP contribution in [0.3, 0.4) is 0 Å². The third-order valence-corrected chi connectivity index (χ3v) is 3.92. The van der Waals surface area contributed by atoms with Gasteiger partial charge in [-0.25, -0.2) is 0 Å². The van der Waals surface area contributed by atoms with Crippen molar-refractivity contribution in [1.82, 2.24) is 0 Å². The van der Waals surface area contributed by atoms with Gasteiger partial charge in [-0.2, -0.15) is 0 Å². The maximum atomic E-state index is 12.0. The van der Waals surface area contributed by atoms with Crippen LogP contribution in [0.1, 0.15) is 17.2 Å². The first kappa shape index (κ1) is 15.3. The third-order valence-electron chi connectivity index (χ3n) is 3.92. The lowest BCUT2D eigenvalue weighted by atomic mass is 10.00. The van der Waals surface area contributed by atoms with Gasteiger partial charge >= 0.3 is 0 Å². The van der Waals surface area contributed by atoms with Crippen molar-refractivity contribution in [2.24, 2.45) is 0 Å². The molecule has 1 aromatic heterocycles. The van der Waals surface area contributed by atoms with Crippen molar-refractivity contribution in [3.05, 3.63) is 76.1 Å². The van der Waals surface area contributed by atoms with E-state index in [9.17, 15) is 4.79 Å². The number of hydrogen-bond acceptors (Lipinski definition) is 4. The van der Waals surface area contributed by atoms with Gasteiger partial charge in [0.15, 0.2) is 5.43 Å². The van der Waals surface area contributed by atoms with Crippen LogP contribution in [0.5, 0.6) is 5.75 Å². The van der Waals surface area contributed by atoms with E-state index in [1.54, 1.807) is 14.2 Å². The van der Waals surface area contributed by atoms with Crippen LogP contribution in [0.15, 0.2) is 64.0 Å². The van der Waals surface area contributed by atoms with E-state index in [0.717, 1.165) is 16.9 Å².